The van der Waals surface area contributed by atoms with Crippen molar-refractivity contribution in [1.29, 1.82) is 0 Å². The average Bonchev–Trinajstić information content (AvgIpc) is 2.43. The number of aromatic hydroxyl groups is 1. The van der Waals surface area contributed by atoms with Crippen LogP contribution in [-0.2, 0) is 11.2 Å². The number of rotatable bonds is 4. The van der Waals surface area contributed by atoms with E-state index in [4.69, 9.17) is 5.11 Å². The Morgan fingerprint density at radius 3 is 2.52 bits per heavy atom. The number of halogens is 1. The van der Waals surface area contributed by atoms with Crippen molar-refractivity contribution < 1.29 is 24.2 Å². The first-order chi connectivity index (χ1) is 9.97. The van der Waals surface area contributed by atoms with E-state index in [1.165, 1.54) is 6.07 Å². The van der Waals surface area contributed by atoms with E-state index in [1.54, 1.807) is 18.2 Å². The van der Waals surface area contributed by atoms with Crippen molar-refractivity contribution >= 4 is 17.6 Å². The van der Waals surface area contributed by atoms with Gasteiger partial charge in [-0.1, -0.05) is 18.2 Å². The second kappa shape index (κ2) is 6.04. The maximum atomic E-state index is 13.6. The molecule has 0 spiro atoms. The first-order valence-corrected chi connectivity index (χ1v) is 6.07. The van der Waals surface area contributed by atoms with E-state index in [0.717, 1.165) is 18.2 Å². The summed E-state index contributed by atoms with van der Waals surface area (Å²) < 4.78 is 13.6. The number of para-hydroxylation sites is 1. The van der Waals surface area contributed by atoms with E-state index in [0.29, 0.717) is 5.56 Å². The molecule has 0 aliphatic carbocycles. The summed E-state index contributed by atoms with van der Waals surface area (Å²) in [6.45, 7) is 0. The van der Waals surface area contributed by atoms with Crippen LogP contribution in [0.4, 0.5) is 10.1 Å². The Morgan fingerprint density at radius 2 is 1.86 bits per heavy atom. The Balaban J connectivity index is 2.15. The summed E-state index contributed by atoms with van der Waals surface area (Å²) >= 11 is 0. The maximum Gasteiger partial charge on any atom is 0.335 e. The number of hydrogen-bond donors (Lipinski definition) is 3. The molecule has 5 nitrogen and oxygen atoms in total. The molecule has 2 aromatic rings. The summed E-state index contributed by atoms with van der Waals surface area (Å²) in [5.74, 6) is -2.54. The number of carboxylic acids is 1. The number of carbonyl (C=O) groups is 2. The predicted molar refractivity (Wildman–Crippen MR) is 73.8 cm³/mol. The van der Waals surface area contributed by atoms with Gasteiger partial charge in [-0.2, -0.15) is 0 Å². The number of amides is 1. The fourth-order valence-corrected chi connectivity index (χ4v) is 1.78. The molecule has 6 heteroatoms. The van der Waals surface area contributed by atoms with Crippen molar-refractivity contribution in [1.82, 2.24) is 0 Å². The lowest BCUT2D eigenvalue weighted by Crippen LogP contribution is -2.16. The Kier molecular flexibility index (Phi) is 4.18. The van der Waals surface area contributed by atoms with Crippen LogP contribution < -0.4 is 5.32 Å². The van der Waals surface area contributed by atoms with Gasteiger partial charge in [0, 0.05) is 5.56 Å². The second-order valence-electron chi connectivity index (χ2n) is 4.35. The quantitative estimate of drug-likeness (QED) is 0.806. The van der Waals surface area contributed by atoms with Crippen LogP contribution in [0.5, 0.6) is 5.75 Å². The smallest absolute Gasteiger partial charge is 0.335 e. The van der Waals surface area contributed by atoms with Crippen molar-refractivity contribution in [2.75, 3.05) is 5.32 Å². The molecule has 0 unspecified atom stereocenters. The molecule has 0 heterocycles. The van der Waals surface area contributed by atoms with E-state index in [1.807, 2.05) is 0 Å². The van der Waals surface area contributed by atoms with Crippen LogP contribution in [0.1, 0.15) is 15.9 Å². The van der Waals surface area contributed by atoms with E-state index in [-0.39, 0.29) is 23.4 Å². The maximum absolute atomic E-state index is 13.6. The van der Waals surface area contributed by atoms with Gasteiger partial charge in [-0.15, -0.1) is 0 Å². The number of phenols is 1. The van der Waals surface area contributed by atoms with Crippen molar-refractivity contribution in [2.45, 2.75) is 6.42 Å². The molecule has 3 N–H and O–H groups in total. The number of anilines is 1. The molecule has 0 atom stereocenters. The molecule has 2 aromatic carbocycles. The number of carbonyl (C=O) groups excluding carboxylic acids is 1. The van der Waals surface area contributed by atoms with Gasteiger partial charge < -0.3 is 15.5 Å². The van der Waals surface area contributed by atoms with Crippen LogP contribution in [0.2, 0.25) is 0 Å². The first-order valence-electron chi connectivity index (χ1n) is 6.07. The predicted octanol–water partition coefficient (Wildman–Crippen LogP) is 2.41. The Hall–Kier alpha value is -2.89. The third-order valence-corrected chi connectivity index (χ3v) is 2.83. The summed E-state index contributed by atoms with van der Waals surface area (Å²) in [6.07, 6.45) is -0.149. The molecule has 0 fully saturated rings. The lowest BCUT2D eigenvalue weighted by Gasteiger charge is -2.08. The third kappa shape index (κ3) is 3.56. The van der Waals surface area contributed by atoms with Crippen LogP contribution in [0.15, 0.2) is 42.5 Å². The van der Waals surface area contributed by atoms with Gasteiger partial charge in [-0.3, -0.25) is 4.79 Å². The highest BCUT2D eigenvalue weighted by atomic mass is 19.1. The molecule has 1 amide bonds. The Labute approximate surface area is 119 Å². The van der Waals surface area contributed by atoms with Gasteiger partial charge in [0.1, 0.15) is 11.6 Å². The summed E-state index contributed by atoms with van der Waals surface area (Å²) in [6, 6.07) is 9.41. The highest BCUT2D eigenvalue weighted by Gasteiger charge is 2.12. The zero-order valence-corrected chi connectivity index (χ0v) is 10.8. The number of phenolic OH excluding ortho intramolecular Hbond substituents is 1. The lowest BCUT2D eigenvalue weighted by molar-refractivity contribution is -0.115. The second-order valence-corrected chi connectivity index (χ2v) is 4.35. The number of hydrogen-bond acceptors (Lipinski definition) is 3. The zero-order valence-electron chi connectivity index (χ0n) is 10.8. The molecule has 0 saturated carbocycles. The number of benzene rings is 2. The van der Waals surface area contributed by atoms with Crippen molar-refractivity contribution in [3.05, 3.63) is 59.4 Å². The minimum absolute atomic E-state index is 0.0348. The molecule has 0 aliphatic heterocycles. The SMILES string of the molecule is O=C(Cc1ccccc1O)Nc1cc(C(=O)O)ccc1F. The van der Waals surface area contributed by atoms with Crippen molar-refractivity contribution in [3.63, 3.8) is 0 Å². The summed E-state index contributed by atoms with van der Waals surface area (Å²) in [5, 5.41) is 20.7. The van der Waals surface area contributed by atoms with Crippen LogP contribution in [0, 0.1) is 5.82 Å². The molecule has 0 radical (unpaired) electrons. The molecule has 0 aliphatic rings. The van der Waals surface area contributed by atoms with Crippen molar-refractivity contribution in [3.8, 4) is 5.75 Å². The first kappa shape index (κ1) is 14.5. The van der Waals surface area contributed by atoms with E-state index >= 15 is 0 Å². The minimum Gasteiger partial charge on any atom is -0.508 e. The molecule has 2 rings (SSSR count). The Morgan fingerprint density at radius 1 is 1.14 bits per heavy atom. The third-order valence-electron chi connectivity index (χ3n) is 2.83. The number of aromatic carboxylic acids is 1. The molecular formula is C15H12FNO4. The molecular weight excluding hydrogens is 277 g/mol. The van der Waals surface area contributed by atoms with Gasteiger partial charge in [0.25, 0.3) is 0 Å². The van der Waals surface area contributed by atoms with Crippen LogP contribution >= 0.6 is 0 Å². The van der Waals surface area contributed by atoms with Crippen LogP contribution in [0.3, 0.4) is 0 Å². The fraction of sp³-hybridized carbons (Fsp3) is 0.0667. The molecule has 0 aromatic heterocycles. The van der Waals surface area contributed by atoms with Crippen molar-refractivity contribution in [2.24, 2.45) is 0 Å². The molecule has 108 valence electrons. The van der Waals surface area contributed by atoms with Gasteiger partial charge in [-0.05, 0) is 24.3 Å². The molecule has 21 heavy (non-hydrogen) atoms. The fourth-order valence-electron chi connectivity index (χ4n) is 1.78. The summed E-state index contributed by atoms with van der Waals surface area (Å²) in [5.41, 5.74) is 0.0503. The van der Waals surface area contributed by atoms with Crippen LogP contribution in [-0.4, -0.2) is 22.1 Å². The van der Waals surface area contributed by atoms with E-state index in [2.05, 4.69) is 5.32 Å². The normalized spacial score (nSPS) is 10.1. The zero-order chi connectivity index (χ0) is 15.4. The largest absolute Gasteiger partial charge is 0.508 e. The topological polar surface area (TPSA) is 86.6 Å². The number of carboxylic acid groups (broad SMARTS) is 1. The average molecular weight is 289 g/mol. The van der Waals surface area contributed by atoms with E-state index < -0.39 is 17.7 Å². The number of nitrogens with one attached hydrogen (secondary N) is 1. The molecule has 0 saturated heterocycles. The lowest BCUT2D eigenvalue weighted by atomic mass is 10.1. The van der Waals surface area contributed by atoms with Gasteiger partial charge in [0.05, 0.1) is 17.7 Å². The van der Waals surface area contributed by atoms with Gasteiger partial charge >= 0.3 is 5.97 Å². The Bertz CT molecular complexity index is 700. The van der Waals surface area contributed by atoms with Gasteiger partial charge in [-0.25, -0.2) is 9.18 Å². The molecule has 0 bridgehead atoms. The minimum atomic E-state index is -1.22. The van der Waals surface area contributed by atoms with Gasteiger partial charge in [0.15, 0.2) is 0 Å². The highest BCUT2D eigenvalue weighted by Crippen LogP contribution is 2.19. The highest BCUT2D eigenvalue weighted by molar-refractivity contribution is 5.95. The standard InChI is InChI=1S/C15H12FNO4/c16-11-6-5-10(15(20)21)7-12(11)17-14(19)8-9-3-1-2-4-13(9)18/h1-7,18H,8H2,(H,17,19)(H,20,21). The summed E-state index contributed by atoms with van der Waals surface area (Å²) in [7, 11) is 0. The van der Waals surface area contributed by atoms with Crippen LogP contribution in [0.25, 0.3) is 0 Å². The van der Waals surface area contributed by atoms with E-state index in [9.17, 15) is 19.1 Å². The monoisotopic (exact) mass is 289 g/mol. The summed E-state index contributed by atoms with van der Waals surface area (Å²) in [4.78, 5) is 22.6. The van der Waals surface area contributed by atoms with Gasteiger partial charge in [0.2, 0.25) is 5.91 Å².